The van der Waals surface area contributed by atoms with E-state index in [2.05, 4.69) is 25.5 Å². The van der Waals surface area contributed by atoms with E-state index >= 15 is 0 Å². The Kier molecular flexibility index (Phi) is 17.6. The van der Waals surface area contributed by atoms with Gasteiger partial charge in [0.2, 0.25) is 0 Å². The minimum atomic E-state index is -1.50. The number of hydrogen-bond acceptors (Lipinski definition) is 18. The summed E-state index contributed by atoms with van der Waals surface area (Å²) in [6.07, 6.45) is 3.25. The van der Waals surface area contributed by atoms with Crippen molar-refractivity contribution in [2.75, 3.05) is 89.5 Å². The lowest BCUT2D eigenvalue weighted by Gasteiger charge is -2.38. The zero-order valence-corrected chi connectivity index (χ0v) is 49.6. The van der Waals surface area contributed by atoms with Crippen molar-refractivity contribution < 1.29 is 70.4 Å². The zero-order chi connectivity index (χ0) is 63.1. The van der Waals surface area contributed by atoms with Crippen molar-refractivity contribution in [2.24, 2.45) is 9.98 Å². The SMILES string of the molecule is COC(=O)C1=C(CN2CCN3C(=O)N(c4c(F)cc(C(=O)O)cc4F)C[C@@H]3C2)NC(c2nccs2)=N[C@H]1c1ccc(F)cc1Cl.COC(=O)C1=C(CN2CCN3C(=O)N(c4ccc(C(=O)O)c(F)c4)C[C@@H]3C2)NC(c2nccs2)=N[C@H]1c1cccc(F)c1C. The van der Waals surface area contributed by atoms with Crippen LogP contribution in [0.3, 0.4) is 0 Å². The quantitative estimate of drug-likeness (QED) is 0.0604. The number of piperazine rings is 2. The van der Waals surface area contributed by atoms with Crippen molar-refractivity contribution in [3.63, 3.8) is 0 Å². The highest BCUT2D eigenvalue weighted by Gasteiger charge is 2.46. The summed E-state index contributed by atoms with van der Waals surface area (Å²) >= 11 is 9.11. The van der Waals surface area contributed by atoms with Gasteiger partial charge in [0, 0.05) is 116 Å². The summed E-state index contributed by atoms with van der Waals surface area (Å²) < 4.78 is 83.1. The number of carbonyl (C=O) groups excluding carboxylic acids is 4. The number of rotatable bonds is 14. The summed E-state index contributed by atoms with van der Waals surface area (Å²) in [5, 5.41) is 29.6. The first kappa shape index (κ1) is 61.5. The van der Waals surface area contributed by atoms with E-state index in [4.69, 9.17) is 41.3 Å². The third kappa shape index (κ3) is 12.3. The first-order chi connectivity index (χ1) is 42.7. The summed E-state index contributed by atoms with van der Waals surface area (Å²) in [5.74, 6) is -7.54. The lowest BCUT2D eigenvalue weighted by atomic mass is 9.92. The second-order valence-corrected chi connectivity index (χ2v) is 23.3. The molecule has 6 aliphatic rings. The maximum atomic E-state index is 14.9. The van der Waals surface area contributed by atoms with Crippen LogP contribution in [0.4, 0.5) is 42.9 Å². The minimum Gasteiger partial charge on any atom is -0.478 e. The number of urea groups is 2. The molecule has 4 fully saturated rings. The minimum absolute atomic E-state index is 0.0500. The van der Waals surface area contributed by atoms with E-state index in [-0.39, 0.29) is 73.2 Å². The fourth-order valence-corrected chi connectivity index (χ4v) is 13.1. The van der Waals surface area contributed by atoms with Gasteiger partial charge in [-0.25, -0.2) is 60.7 Å². The number of nitrogens with one attached hydrogen (secondary N) is 2. The maximum Gasteiger partial charge on any atom is 0.338 e. The number of halogens is 6. The summed E-state index contributed by atoms with van der Waals surface area (Å²) in [5.41, 5.74) is 1.28. The zero-order valence-electron chi connectivity index (χ0n) is 47.3. The molecular formula is C59H52ClF5N12O10S2. The van der Waals surface area contributed by atoms with Crippen LogP contribution in [0.5, 0.6) is 0 Å². The molecule has 0 radical (unpaired) electrons. The molecular weight excluding hydrogens is 1230 g/mol. The molecule has 4 atom stereocenters. The van der Waals surface area contributed by atoms with Gasteiger partial charge in [-0.3, -0.25) is 29.6 Å². The number of ether oxygens (including phenoxy) is 2. The van der Waals surface area contributed by atoms with Crippen LogP contribution in [0.25, 0.3) is 0 Å². The van der Waals surface area contributed by atoms with Crippen molar-refractivity contribution in [3.8, 4) is 0 Å². The number of carboxylic acid groups (broad SMARTS) is 2. The van der Waals surface area contributed by atoms with Crippen molar-refractivity contribution in [1.29, 1.82) is 0 Å². The van der Waals surface area contributed by atoms with E-state index in [9.17, 15) is 50.7 Å². The van der Waals surface area contributed by atoms with Gasteiger partial charge in [-0.2, -0.15) is 0 Å². The number of carbonyl (C=O) groups is 6. The Labute approximate surface area is 516 Å². The number of nitrogens with zero attached hydrogens (tertiary/aromatic N) is 10. The number of esters is 2. The van der Waals surface area contributed by atoms with Crippen LogP contribution in [0.1, 0.15) is 59.5 Å². The number of amides is 4. The molecule has 462 valence electrons. The van der Waals surface area contributed by atoms with Crippen LogP contribution in [0, 0.1) is 36.0 Å². The highest BCUT2D eigenvalue weighted by atomic mass is 35.5. The largest absolute Gasteiger partial charge is 0.478 e. The molecule has 89 heavy (non-hydrogen) atoms. The Morgan fingerprint density at radius 1 is 0.640 bits per heavy atom. The van der Waals surface area contributed by atoms with Gasteiger partial charge < -0.3 is 40.1 Å². The second kappa shape index (κ2) is 25.5. The van der Waals surface area contributed by atoms with Gasteiger partial charge in [0.25, 0.3) is 0 Å². The fraction of sp³-hybridized carbons (Fsp3) is 0.288. The molecule has 0 spiro atoms. The lowest BCUT2D eigenvalue weighted by molar-refractivity contribution is -0.137. The fourth-order valence-electron chi connectivity index (χ4n) is 11.6. The van der Waals surface area contributed by atoms with Crippen molar-refractivity contribution in [2.45, 2.75) is 31.1 Å². The van der Waals surface area contributed by atoms with E-state index in [1.165, 1.54) is 71.0 Å². The molecule has 6 aliphatic heterocycles. The molecule has 4 N–H and O–H groups in total. The molecule has 22 nitrogen and oxygen atoms in total. The number of thiazole rings is 2. The number of aromatic carboxylic acids is 2. The van der Waals surface area contributed by atoms with Crippen molar-refractivity contribution in [1.82, 2.24) is 40.2 Å². The van der Waals surface area contributed by atoms with Gasteiger partial charge in [-0.15, -0.1) is 22.7 Å². The van der Waals surface area contributed by atoms with E-state index in [0.29, 0.717) is 88.1 Å². The van der Waals surface area contributed by atoms with E-state index in [1.54, 1.807) is 41.7 Å². The Morgan fingerprint density at radius 2 is 1.18 bits per heavy atom. The predicted octanol–water partition coefficient (Wildman–Crippen LogP) is 7.63. The van der Waals surface area contributed by atoms with Crippen molar-refractivity contribution >= 4 is 93.3 Å². The number of aliphatic imine (C=N–C) groups is 2. The van der Waals surface area contributed by atoms with Crippen LogP contribution in [0.15, 0.2) is 122 Å². The topological polar surface area (TPSA) is 255 Å². The van der Waals surface area contributed by atoms with Crippen LogP contribution in [0.2, 0.25) is 5.02 Å². The van der Waals surface area contributed by atoms with Gasteiger partial charge in [0.05, 0.1) is 48.6 Å². The maximum absolute atomic E-state index is 14.9. The highest BCUT2D eigenvalue weighted by molar-refractivity contribution is 7.12. The monoisotopic (exact) mass is 1280 g/mol. The number of anilines is 2. The molecule has 6 aromatic rings. The Morgan fingerprint density at radius 3 is 1.67 bits per heavy atom. The van der Waals surface area contributed by atoms with Crippen LogP contribution >= 0.6 is 34.3 Å². The number of benzene rings is 4. The molecule has 2 aromatic heterocycles. The first-order valence-corrected chi connectivity index (χ1v) is 29.5. The van der Waals surface area contributed by atoms with Gasteiger partial charge >= 0.3 is 35.9 Å². The number of amidine groups is 2. The summed E-state index contributed by atoms with van der Waals surface area (Å²) in [6, 6.07) is 10.1. The van der Waals surface area contributed by atoms with Gasteiger partial charge in [0.15, 0.2) is 33.3 Å². The highest BCUT2D eigenvalue weighted by Crippen LogP contribution is 2.40. The smallest absolute Gasteiger partial charge is 0.338 e. The standard InChI is InChI=1S/C30H28F2N6O5S.C29H24ClF3N6O5S/c1-16-19(4-3-5-21(16)31)25-24(29(41)43-2)23(34-26(35-25)27-33-8-11-44-27)15-36-9-10-37-18(13-36)14-38(30(37)42)17-6-7-20(28(39)40)22(32)12-17;1-44-28(42)22-21(35-25(26-34-4-7-45-26)36-23(22)17-3-2-15(31)10-18(17)30)13-37-5-6-38-16(11-37)12-39(29(38)43)24-19(32)8-14(27(40)41)9-20(24)33/h3-8,11-12,18,25H,9-10,13-15H2,1-2H3,(H,34,35)(H,39,40);2-4,7-10,16,23H,5-6,11-13H2,1H3,(H,35,36)(H,40,41)/t18-,25-;16-,23-/m00/s1. The normalized spacial score (nSPS) is 20.3. The average molecular weight is 1280 g/mol. The lowest BCUT2D eigenvalue weighted by Crippen LogP contribution is -2.53. The summed E-state index contributed by atoms with van der Waals surface area (Å²) in [4.78, 5) is 103. The summed E-state index contributed by atoms with van der Waals surface area (Å²) in [6.45, 7) is 4.48. The third-order valence-corrected chi connectivity index (χ3v) is 17.7. The molecule has 4 aromatic carbocycles. The Balaban J connectivity index is 0.000000184. The predicted molar refractivity (Wildman–Crippen MR) is 316 cm³/mol. The molecule has 0 bridgehead atoms. The van der Waals surface area contributed by atoms with E-state index < -0.39 is 93.9 Å². The second-order valence-electron chi connectivity index (χ2n) is 21.1. The number of carboxylic acids is 2. The number of hydrogen-bond donors (Lipinski definition) is 4. The van der Waals surface area contributed by atoms with E-state index in [0.717, 1.165) is 23.1 Å². The molecule has 4 saturated heterocycles. The molecule has 4 amide bonds. The Bertz CT molecular complexity index is 3960. The Hall–Kier alpha value is -9.16. The molecule has 8 heterocycles. The van der Waals surface area contributed by atoms with Gasteiger partial charge in [-0.1, -0.05) is 29.8 Å². The van der Waals surface area contributed by atoms with Gasteiger partial charge in [0.1, 0.15) is 35.2 Å². The number of aromatic nitrogens is 2. The van der Waals surface area contributed by atoms with Crippen LogP contribution in [-0.4, -0.2) is 179 Å². The third-order valence-electron chi connectivity index (χ3n) is 15.9. The molecule has 30 heteroatoms. The van der Waals surface area contributed by atoms with Crippen LogP contribution in [-0.2, 0) is 19.1 Å². The summed E-state index contributed by atoms with van der Waals surface area (Å²) in [7, 11) is 2.51. The first-order valence-electron chi connectivity index (χ1n) is 27.4. The number of methoxy groups -OCH3 is 2. The number of fused-ring (bicyclic) bond motifs is 2. The molecule has 0 aliphatic carbocycles. The van der Waals surface area contributed by atoms with E-state index in [1.807, 2.05) is 10.3 Å². The van der Waals surface area contributed by atoms with Crippen LogP contribution < -0.4 is 20.4 Å². The molecule has 12 rings (SSSR count). The molecule has 0 saturated carbocycles. The average Bonchev–Trinajstić information content (AvgIpc) is 2.34. The molecule has 0 unspecified atom stereocenters. The van der Waals surface area contributed by atoms with Gasteiger partial charge in [-0.05, 0) is 66.6 Å². The van der Waals surface area contributed by atoms with Crippen molar-refractivity contribution in [3.05, 3.63) is 184 Å².